The molecule has 10 heteroatoms. The first-order valence-corrected chi connectivity index (χ1v) is 10.5. The number of nitrogens with one attached hydrogen (secondary N) is 1. The normalized spacial score (nSPS) is 16.2. The second kappa shape index (κ2) is 9.05. The lowest BCUT2D eigenvalue weighted by molar-refractivity contribution is 0.102. The summed E-state index contributed by atoms with van der Waals surface area (Å²) in [6, 6.07) is 6.76. The monoisotopic (exact) mass is 457 g/mol. The van der Waals surface area contributed by atoms with Gasteiger partial charge in [-0.2, -0.15) is 0 Å². The summed E-state index contributed by atoms with van der Waals surface area (Å²) in [5.74, 6) is -0.458. The van der Waals surface area contributed by atoms with E-state index in [0.29, 0.717) is 33.7 Å². The van der Waals surface area contributed by atoms with E-state index in [1.54, 1.807) is 30.6 Å². The van der Waals surface area contributed by atoms with Crippen LogP contribution in [0.15, 0.2) is 42.9 Å². The van der Waals surface area contributed by atoms with E-state index < -0.39 is 5.91 Å². The lowest BCUT2D eigenvalue weighted by atomic mass is 10.1. The van der Waals surface area contributed by atoms with Gasteiger partial charge in [-0.05, 0) is 37.1 Å². The number of nitrogens with zero attached hydrogens (tertiary/aromatic N) is 4. The number of nitrogens with two attached hydrogens (primary N) is 2. The zero-order chi connectivity index (χ0) is 22.0. The van der Waals surface area contributed by atoms with Crippen LogP contribution in [-0.2, 0) is 0 Å². The van der Waals surface area contributed by atoms with Gasteiger partial charge in [-0.25, -0.2) is 4.98 Å². The molecule has 4 rings (SSSR count). The molecule has 3 aromatic rings. The van der Waals surface area contributed by atoms with Gasteiger partial charge in [0.15, 0.2) is 5.69 Å². The number of carbonyl (C=O) groups is 1. The third-order valence-electron chi connectivity index (χ3n) is 5.04. The summed E-state index contributed by atoms with van der Waals surface area (Å²) in [4.78, 5) is 28.0. The molecule has 160 valence electrons. The van der Waals surface area contributed by atoms with Crippen LogP contribution in [0.5, 0.6) is 0 Å². The van der Waals surface area contributed by atoms with Crippen molar-refractivity contribution in [3.8, 4) is 11.4 Å². The maximum atomic E-state index is 13.1. The van der Waals surface area contributed by atoms with Gasteiger partial charge in [0.25, 0.3) is 5.91 Å². The Morgan fingerprint density at radius 2 is 2.06 bits per heavy atom. The van der Waals surface area contributed by atoms with Gasteiger partial charge < -0.3 is 21.7 Å². The van der Waals surface area contributed by atoms with E-state index in [4.69, 9.17) is 34.7 Å². The van der Waals surface area contributed by atoms with Crippen LogP contribution in [0.25, 0.3) is 11.4 Å². The number of halogens is 2. The first-order chi connectivity index (χ1) is 14.9. The van der Waals surface area contributed by atoms with Crippen molar-refractivity contribution in [1.82, 2.24) is 15.0 Å². The molecule has 0 saturated carbocycles. The van der Waals surface area contributed by atoms with Crippen molar-refractivity contribution in [3.63, 3.8) is 0 Å². The van der Waals surface area contributed by atoms with Crippen LogP contribution in [0.1, 0.15) is 23.3 Å². The smallest absolute Gasteiger partial charge is 0.276 e. The molecule has 1 atom stereocenters. The first kappa shape index (κ1) is 21.3. The molecule has 1 fully saturated rings. The standard InChI is InChI=1S/C21H21Cl2N7O/c22-12-8-14(23)19(27-9-12)16-4-3-15(25)20(28-16)21(31)29-17-10-26-6-5-18(17)30-7-1-2-13(24)11-30/h3-6,8-10,13H,1-2,7,11,24-25H2,(H,29,31)/t13-/m0/s1. The molecule has 1 amide bonds. The van der Waals surface area contributed by atoms with Gasteiger partial charge in [0, 0.05) is 31.5 Å². The molecule has 0 radical (unpaired) electrons. The molecular formula is C21H21Cl2N7O. The summed E-state index contributed by atoms with van der Waals surface area (Å²) in [5.41, 5.74) is 14.7. The van der Waals surface area contributed by atoms with Crippen molar-refractivity contribution in [3.05, 3.63) is 58.6 Å². The number of nitrogen functional groups attached to an aromatic ring is 1. The molecule has 0 aromatic carbocycles. The fourth-order valence-corrected chi connectivity index (χ4v) is 4.03. The molecule has 1 aliphatic heterocycles. The Labute approximate surface area is 189 Å². The van der Waals surface area contributed by atoms with Crippen LogP contribution in [-0.4, -0.2) is 40.0 Å². The highest BCUT2D eigenvalue weighted by Crippen LogP contribution is 2.30. The van der Waals surface area contributed by atoms with Crippen molar-refractivity contribution in [2.24, 2.45) is 5.73 Å². The van der Waals surface area contributed by atoms with Crippen molar-refractivity contribution in [1.29, 1.82) is 0 Å². The van der Waals surface area contributed by atoms with E-state index in [1.165, 1.54) is 6.20 Å². The highest BCUT2D eigenvalue weighted by molar-refractivity contribution is 6.36. The average Bonchev–Trinajstić information content (AvgIpc) is 2.75. The van der Waals surface area contributed by atoms with Crippen molar-refractivity contribution >= 4 is 46.2 Å². The second-order valence-electron chi connectivity index (χ2n) is 7.31. The minimum atomic E-state index is -0.458. The van der Waals surface area contributed by atoms with Crippen LogP contribution >= 0.6 is 23.2 Å². The van der Waals surface area contributed by atoms with E-state index in [-0.39, 0.29) is 17.4 Å². The molecule has 31 heavy (non-hydrogen) atoms. The van der Waals surface area contributed by atoms with Gasteiger partial charge in [-0.3, -0.25) is 14.8 Å². The average molecular weight is 458 g/mol. The largest absolute Gasteiger partial charge is 0.397 e. The topological polar surface area (TPSA) is 123 Å². The highest BCUT2D eigenvalue weighted by atomic mass is 35.5. The number of carbonyl (C=O) groups excluding carboxylic acids is 1. The molecule has 3 aromatic heterocycles. The van der Waals surface area contributed by atoms with E-state index in [9.17, 15) is 4.79 Å². The van der Waals surface area contributed by atoms with Crippen LogP contribution < -0.4 is 21.7 Å². The van der Waals surface area contributed by atoms with Gasteiger partial charge in [0.1, 0.15) is 5.69 Å². The minimum absolute atomic E-state index is 0.0652. The Bertz CT molecular complexity index is 1120. The summed E-state index contributed by atoms with van der Waals surface area (Å²) >= 11 is 12.2. The number of amides is 1. The molecule has 1 aliphatic rings. The summed E-state index contributed by atoms with van der Waals surface area (Å²) in [6.07, 6.45) is 6.73. The van der Waals surface area contributed by atoms with E-state index in [1.807, 2.05) is 6.07 Å². The summed E-state index contributed by atoms with van der Waals surface area (Å²) in [6.45, 7) is 1.57. The molecule has 0 aliphatic carbocycles. The molecule has 8 nitrogen and oxygen atoms in total. The van der Waals surface area contributed by atoms with Crippen LogP contribution in [0.3, 0.4) is 0 Å². The minimum Gasteiger partial charge on any atom is -0.397 e. The number of hydrogen-bond donors (Lipinski definition) is 3. The second-order valence-corrected chi connectivity index (χ2v) is 8.16. The fraction of sp³-hybridized carbons (Fsp3) is 0.238. The summed E-state index contributed by atoms with van der Waals surface area (Å²) < 4.78 is 0. The van der Waals surface area contributed by atoms with Crippen molar-refractivity contribution in [2.45, 2.75) is 18.9 Å². The Morgan fingerprint density at radius 3 is 2.84 bits per heavy atom. The van der Waals surface area contributed by atoms with Gasteiger partial charge in [0.2, 0.25) is 0 Å². The Balaban J connectivity index is 1.63. The predicted octanol–water partition coefficient (Wildman–Crippen LogP) is 3.61. The summed E-state index contributed by atoms with van der Waals surface area (Å²) in [5, 5.41) is 3.61. The van der Waals surface area contributed by atoms with E-state index >= 15 is 0 Å². The Morgan fingerprint density at radius 1 is 1.23 bits per heavy atom. The molecule has 0 unspecified atom stereocenters. The zero-order valence-electron chi connectivity index (χ0n) is 16.6. The molecule has 4 heterocycles. The number of anilines is 3. The van der Waals surface area contributed by atoms with Crippen molar-refractivity contribution in [2.75, 3.05) is 29.0 Å². The molecule has 5 N–H and O–H groups in total. The van der Waals surface area contributed by atoms with E-state index in [0.717, 1.165) is 25.1 Å². The van der Waals surface area contributed by atoms with Crippen molar-refractivity contribution < 1.29 is 4.79 Å². The first-order valence-electron chi connectivity index (χ1n) is 9.76. The van der Waals surface area contributed by atoms with Gasteiger partial charge in [-0.1, -0.05) is 23.2 Å². The number of rotatable bonds is 4. The van der Waals surface area contributed by atoms with Gasteiger partial charge in [0.05, 0.1) is 39.0 Å². The van der Waals surface area contributed by atoms with Crippen LogP contribution in [0.2, 0.25) is 10.0 Å². The molecule has 1 saturated heterocycles. The zero-order valence-corrected chi connectivity index (χ0v) is 18.1. The third kappa shape index (κ3) is 4.71. The van der Waals surface area contributed by atoms with Crippen LogP contribution in [0.4, 0.5) is 17.1 Å². The SMILES string of the molecule is Nc1ccc(-c2ncc(Cl)cc2Cl)nc1C(=O)Nc1cnccc1N1CCC[C@H](N)C1. The number of hydrogen-bond acceptors (Lipinski definition) is 7. The molecule has 0 bridgehead atoms. The number of aromatic nitrogens is 3. The third-order valence-corrected chi connectivity index (χ3v) is 5.53. The quantitative estimate of drug-likeness (QED) is 0.546. The molecular weight excluding hydrogens is 437 g/mol. The van der Waals surface area contributed by atoms with E-state index in [2.05, 4.69) is 25.2 Å². The number of piperidine rings is 1. The maximum absolute atomic E-state index is 13.1. The van der Waals surface area contributed by atoms with Crippen LogP contribution in [0, 0.1) is 0 Å². The predicted molar refractivity (Wildman–Crippen MR) is 124 cm³/mol. The summed E-state index contributed by atoms with van der Waals surface area (Å²) in [7, 11) is 0. The lowest BCUT2D eigenvalue weighted by Gasteiger charge is -2.33. The Hall–Kier alpha value is -2.94. The Kier molecular flexibility index (Phi) is 6.22. The van der Waals surface area contributed by atoms with Gasteiger partial charge >= 0.3 is 0 Å². The number of pyridine rings is 3. The highest BCUT2D eigenvalue weighted by Gasteiger charge is 2.22. The fourth-order valence-electron chi connectivity index (χ4n) is 3.56. The maximum Gasteiger partial charge on any atom is 0.276 e. The van der Waals surface area contributed by atoms with Gasteiger partial charge in [-0.15, -0.1) is 0 Å². The molecule has 0 spiro atoms. The lowest BCUT2D eigenvalue weighted by Crippen LogP contribution is -2.43.